The molecule has 0 amide bonds. The van der Waals surface area contributed by atoms with Gasteiger partial charge in [-0.15, -0.1) is 0 Å². The zero-order valence-electron chi connectivity index (χ0n) is 14.7. The van der Waals surface area contributed by atoms with E-state index in [0.717, 1.165) is 17.1 Å². The normalized spacial score (nSPS) is 11.2. The summed E-state index contributed by atoms with van der Waals surface area (Å²) >= 11 is 0. The Bertz CT molecular complexity index is 855. The summed E-state index contributed by atoms with van der Waals surface area (Å²) in [6, 6.07) is 18.9. The molecular weight excluding hydrogens is 294 g/mol. The van der Waals surface area contributed by atoms with Gasteiger partial charge in [-0.1, -0.05) is 6.07 Å². The Morgan fingerprint density at radius 2 is 1.67 bits per heavy atom. The molecule has 0 N–H and O–H groups in total. The van der Waals surface area contributed by atoms with Crippen LogP contribution in [0.25, 0.3) is 5.69 Å². The van der Waals surface area contributed by atoms with Gasteiger partial charge >= 0.3 is 0 Å². The van der Waals surface area contributed by atoms with E-state index in [-0.39, 0.29) is 0 Å². The Balaban J connectivity index is 1.87. The maximum atomic E-state index is 4.63. The van der Waals surface area contributed by atoms with Crippen molar-refractivity contribution in [2.45, 2.75) is 13.8 Å². The highest BCUT2D eigenvalue weighted by Gasteiger charge is 2.02. The van der Waals surface area contributed by atoms with Gasteiger partial charge in [0.2, 0.25) is 0 Å². The Kier molecular flexibility index (Phi) is 4.52. The van der Waals surface area contributed by atoms with Crippen molar-refractivity contribution in [2.24, 2.45) is 4.99 Å². The lowest BCUT2D eigenvalue weighted by atomic mass is 10.1. The van der Waals surface area contributed by atoms with Crippen LogP contribution in [0.4, 0.5) is 11.4 Å². The summed E-state index contributed by atoms with van der Waals surface area (Å²) in [5.74, 6) is 0. The third-order valence-electron chi connectivity index (χ3n) is 4.26. The Hall–Kier alpha value is -2.81. The van der Waals surface area contributed by atoms with Crippen molar-refractivity contribution < 1.29 is 0 Å². The predicted molar refractivity (Wildman–Crippen MR) is 103 cm³/mol. The summed E-state index contributed by atoms with van der Waals surface area (Å²) in [5, 5.41) is 0. The fourth-order valence-electron chi connectivity index (χ4n) is 2.59. The second-order valence-corrected chi connectivity index (χ2v) is 6.24. The first-order valence-electron chi connectivity index (χ1n) is 8.11. The van der Waals surface area contributed by atoms with E-state index in [1.165, 1.54) is 16.8 Å². The summed E-state index contributed by atoms with van der Waals surface area (Å²) in [7, 11) is 4.10. The molecule has 1 heterocycles. The molecule has 0 aliphatic heterocycles. The van der Waals surface area contributed by atoms with Crippen molar-refractivity contribution in [1.29, 1.82) is 0 Å². The van der Waals surface area contributed by atoms with Crippen molar-refractivity contribution >= 4 is 17.6 Å². The second kappa shape index (κ2) is 6.75. The van der Waals surface area contributed by atoms with Gasteiger partial charge in [-0.3, -0.25) is 4.99 Å². The lowest BCUT2D eigenvalue weighted by Gasteiger charge is -2.13. The van der Waals surface area contributed by atoms with Crippen LogP contribution in [-0.4, -0.2) is 24.9 Å². The number of aromatic nitrogens is 1. The Labute approximate surface area is 143 Å². The van der Waals surface area contributed by atoms with E-state index in [9.17, 15) is 0 Å². The van der Waals surface area contributed by atoms with Crippen LogP contribution in [0, 0.1) is 13.8 Å². The minimum Gasteiger partial charge on any atom is -0.378 e. The van der Waals surface area contributed by atoms with Crippen molar-refractivity contribution in [3.63, 3.8) is 0 Å². The first-order chi connectivity index (χ1) is 11.5. The van der Waals surface area contributed by atoms with Gasteiger partial charge in [-0.05, 0) is 73.5 Å². The lowest BCUT2D eigenvalue weighted by molar-refractivity contribution is 1.06. The maximum absolute atomic E-state index is 4.63. The summed E-state index contributed by atoms with van der Waals surface area (Å²) < 4.78 is 2.14. The van der Waals surface area contributed by atoms with Gasteiger partial charge < -0.3 is 9.47 Å². The predicted octanol–water partition coefficient (Wildman–Crippen LogP) is 4.91. The molecule has 0 unspecified atom stereocenters. The average Bonchev–Trinajstić information content (AvgIpc) is 3.04. The molecule has 1 aromatic heterocycles. The van der Waals surface area contributed by atoms with Gasteiger partial charge in [-0.2, -0.15) is 0 Å². The standard InChI is InChI=1S/C21H23N3/c1-16-7-8-18(14-17(16)2)22-15-21-6-5-13-24(21)20-11-9-19(10-12-20)23(3)4/h5-15H,1-4H3. The van der Waals surface area contributed by atoms with Crippen LogP contribution >= 0.6 is 0 Å². The minimum absolute atomic E-state index is 0.980. The van der Waals surface area contributed by atoms with Crippen LogP contribution in [-0.2, 0) is 0 Å². The summed E-state index contributed by atoms with van der Waals surface area (Å²) in [6.07, 6.45) is 3.98. The third-order valence-corrected chi connectivity index (χ3v) is 4.26. The van der Waals surface area contributed by atoms with Crippen molar-refractivity contribution in [1.82, 2.24) is 4.57 Å². The molecule has 2 aromatic carbocycles. The highest BCUT2D eigenvalue weighted by atomic mass is 15.1. The molecule has 3 rings (SSSR count). The number of anilines is 1. The molecule has 0 bridgehead atoms. The van der Waals surface area contributed by atoms with Crippen molar-refractivity contribution in [3.8, 4) is 5.69 Å². The largest absolute Gasteiger partial charge is 0.378 e. The van der Waals surface area contributed by atoms with Gasteiger partial charge in [0, 0.05) is 31.7 Å². The number of rotatable bonds is 4. The van der Waals surface area contributed by atoms with E-state index in [1.807, 2.05) is 26.4 Å². The van der Waals surface area contributed by atoms with Crippen LogP contribution in [0.3, 0.4) is 0 Å². The lowest BCUT2D eigenvalue weighted by Crippen LogP contribution is -2.08. The first-order valence-corrected chi connectivity index (χ1v) is 8.11. The SMILES string of the molecule is Cc1ccc(N=Cc2cccn2-c2ccc(N(C)C)cc2)cc1C. The van der Waals surface area contributed by atoms with E-state index >= 15 is 0 Å². The van der Waals surface area contributed by atoms with Gasteiger partial charge in [0.05, 0.1) is 17.6 Å². The number of benzene rings is 2. The van der Waals surface area contributed by atoms with E-state index in [2.05, 4.69) is 83.0 Å². The smallest absolute Gasteiger partial charge is 0.0639 e. The molecule has 0 spiro atoms. The van der Waals surface area contributed by atoms with E-state index in [0.29, 0.717) is 0 Å². The number of hydrogen-bond donors (Lipinski definition) is 0. The highest BCUT2D eigenvalue weighted by molar-refractivity contribution is 5.81. The van der Waals surface area contributed by atoms with Crippen LogP contribution in [0.2, 0.25) is 0 Å². The molecule has 0 aliphatic carbocycles. The van der Waals surface area contributed by atoms with E-state index in [1.54, 1.807) is 0 Å². The fourth-order valence-corrected chi connectivity index (χ4v) is 2.59. The molecule has 0 aliphatic rings. The number of nitrogens with zero attached hydrogens (tertiary/aromatic N) is 3. The summed E-state index contributed by atoms with van der Waals surface area (Å²) in [4.78, 5) is 6.73. The summed E-state index contributed by atoms with van der Waals surface area (Å²) in [6.45, 7) is 4.23. The molecule has 0 saturated carbocycles. The first kappa shape index (κ1) is 16.1. The second-order valence-electron chi connectivity index (χ2n) is 6.24. The van der Waals surface area contributed by atoms with Crippen molar-refractivity contribution in [3.05, 3.63) is 77.6 Å². The van der Waals surface area contributed by atoms with E-state index < -0.39 is 0 Å². The highest BCUT2D eigenvalue weighted by Crippen LogP contribution is 2.19. The number of aryl methyl sites for hydroxylation is 2. The molecular formula is C21H23N3. The van der Waals surface area contributed by atoms with Crippen molar-refractivity contribution in [2.75, 3.05) is 19.0 Å². The van der Waals surface area contributed by atoms with Gasteiger partial charge in [0.1, 0.15) is 0 Å². The average molecular weight is 317 g/mol. The summed E-state index contributed by atoms with van der Waals surface area (Å²) in [5.41, 5.74) is 6.92. The molecule has 3 nitrogen and oxygen atoms in total. The molecule has 3 aromatic rings. The number of hydrogen-bond acceptors (Lipinski definition) is 2. The van der Waals surface area contributed by atoms with Gasteiger partial charge in [-0.25, -0.2) is 0 Å². The minimum atomic E-state index is 0.980. The van der Waals surface area contributed by atoms with E-state index in [4.69, 9.17) is 0 Å². The monoisotopic (exact) mass is 317 g/mol. The zero-order chi connectivity index (χ0) is 17.1. The molecule has 24 heavy (non-hydrogen) atoms. The molecule has 0 fully saturated rings. The molecule has 3 heteroatoms. The zero-order valence-corrected chi connectivity index (χ0v) is 14.7. The topological polar surface area (TPSA) is 20.5 Å². The molecule has 0 atom stereocenters. The fraction of sp³-hybridized carbons (Fsp3) is 0.190. The number of aliphatic imine (C=N–C) groups is 1. The van der Waals surface area contributed by atoms with Gasteiger partial charge in [0.15, 0.2) is 0 Å². The van der Waals surface area contributed by atoms with Crippen LogP contribution in [0.1, 0.15) is 16.8 Å². The molecule has 122 valence electrons. The third kappa shape index (κ3) is 3.40. The Morgan fingerprint density at radius 3 is 2.33 bits per heavy atom. The Morgan fingerprint density at radius 1 is 0.917 bits per heavy atom. The quantitative estimate of drug-likeness (QED) is 0.626. The molecule has 0 saturated heterocycles. The van der Waals surface area contributed by atoms with Crippen LogP contribution < -0.4 is 4.90 Å². The molecule has 0 radical (unpaired) electrons. The van der Waals surface area contributed by atoms with Crippen LogP contribution in [0.15, 0.2) is 65.8 Å². The van der Waals surface area contributed by atoms with Crippen LogP contribution in [0.5, 0.6) is 0 Å². The van der Waals surface area contributed by atoms with Gasteiger partial charge in [0.25, 0.3) is 0 Å². The maximum Gasteiger partial charge on any atom is 0.0639 e.